The highest BCUT2D eigenvalue weighted by atomic mass is 19.4. The lowest BCUT2D eigenvalue weighted by atomic mass is 10.0. The van der Waals surface area contributed by atoms with E-state index >= 15 is 0 Å². The topological polar surface area (TPSA) is 90.2 Å². The fourth-order valence-electron chi connectivity index (χ4n) is 2.20. The monoisotopic (exact) mass is 362 g/mol. The normalized spacial score (nSPS) is 12.1. The van der Waals surface area contributed by atoms with Crippen molar-refractivity contribution in [3.8, 4) is 6.07 Å². The second-order valence-electron chi connectivity index (χ2n) is 5.45. The number of carboxylic acid groups (broad SMARTS) is 1. The largest absolute Gasteiger partial charge is 0.480 e. The van der Waals surface area contributed by atoms with Crippen molar-refractivity contribution in [3.05, 3.63) is 70.8 Å². The van der Waals surface area contributed by atoms with Gasteiger partial charge in [-0.1, -0.05) is 12.1 Å². The molecule has 0 heterocycles. The predicted octanol–water partition coefficient (Wildman–Crippen LogP) is 3.00. The molecule has 0 aliphatic heterocycles. The van der Waals surface area contributed by atoms with E-state index in [0.717, 1.165) is 12.1 Å². The van der Waals surface area contributed by atoms with Crippen LogP contribution in [0, 0.1) is 11.3 Å². The first-order valence-corrected chi connectivity index (χ1v) is 7.40. The molecule has 2 N–H and O–H groups in total. The van der Waals surface area contributed by atoms with Crippen molar-refractivity contribution < 1.29 is 27.9 Å². The Kier molecular flexibility index (Phi) is 5.62. The van der Waals surface area contributed by atoms with Crippen LogP contribution in [0.1, 0.15) is 27.0 Å². The van der Waals surface area contributed by atoms with E-state index in [1.165, 1.54) is 36.4 Å². The molecule has 0 aliphatic carbocycles. The predicted molar refractivity (Wildman–Crippen MR) is 85.2 cm³/mol. The van der Waals surface area contributed by atoms with Crippen LogP contribution in [0.5, 0.6) is 0 Å². The zero-order chi connectivity index (χ0) is 19.3. The van der Waals surface area contributed by atoms with Crippen LogP contribution in [0.4, 0.5) is 13.2 Å². The fraction of sp³-hybridized carbons (Fsp3) is 0.167. The Morgan fingerprint density at radius 2 is 1.65 bits per heavy atom. The van der Waals surface area contributed by atoms with Crippen molar-refractivity contribution in [1.29, 1.82) is 5.26 Å². The summed E-state index contributed by atoms with van der Waals surface area (Å²) in [6.07, 6.45) is -4.65. The van der Waals surface area contributed by atoms with Gasteiger partial charge in [0.15, 0.2) is 0 Å². The minimum atomic E-state index is -4.48. The molecule has 0 aromatic heterocycles. The van der Waals surface area contributed by atoms with Gasteiger partial charge in [0.1, 0.15) is 6.04 Å². The van der Waals surface area contributed by atoms with Crippen molar-refractivity contribution in [3.63, 3.8) is 0 Å². The van der Waals surface area contributed by atoms with E-state index in [0.29, 0.717) is 11.1 Å². The van der Waals surface area contributed by atoms with Gasteiger partial charge in [-0.3, -0.25) is 4.79 Å². The van der Waals surface area contributed by atoms with Crippen LogP contribution in [0.15, 0.2) is 48.5 Å². The van der Waals surface area contributed by atoms with Gasteiger partial charge in [-0.25, -0.2) is 4.79 Å². The quantitative estimate of drug-likeness (QED) is 0.856. The minimum absolute atomic E-state index is 0.169. The zero-order valence-electron chi connectivity index (χ0n) is 13.2. The molecule has 0 saturated carbocycles. The molecule has 0 spiro atoms. The van der Waals surface area contributed by atoms with Gasteiger partial charge in [0, 0.05) is 12.0 Å². The number of alkyl halides is 3. The lowest BCUT2D eigenvalue weighted by molar-refractivity contribution is -0.139. The molecule has 0 fully saturated rings. The molecule has 1 amide bonds. The fourth-order valence-corrected chi connectivity index (χ4v) is 2.20. The standard InChI is InChI=1S/C18H13F3N2O3/c19-18(20,21)14-7-3-11(4-8-14)9-15(17(25)26)23-16(24)13-5-1-12(10-22)2-6-13/h1-8,15H,9H2,(H,23,24)(H,25,26)/t15-/m1/s1. The number of rotatable bonds is 5. The molecule has 0 aliphatic rings. The van der Waals surface area contributed by atoms with E-state index in [-0.39, 0.29) is 12.0 Å². The van der Waals surface area contributed by atoms with Crippen molar-refractivity contribution in [2.45, 2.75) is 18.6 Å². The number of carboxylic acids is 1. The van der Waals surface area contributed by atoms with Gasteiger partial charge in [0.2, 0.25) is 0 Å². The van der Waals surface area contributed by atoms with Gasteiger partial charge >= 0.3 is 12.1 Å². The SMILES string of the molecule is N#Cc1ccc(C(=O)N[C@H](Cc2ccc(C(F)(F)F)cc2)C(=O)O)cc1. The Morgan fingerprint density at radius 3 is 2.12 bits per heavy atom. The first-order chi connectivity index (χ1) is 12.2. The molecule has 1 atom stereocenters. The highest BCUT2D eigenvalue weighted by Crippen LogP contribution is 2.29. The molecule has 0 saturated heterocycles. The molecule has 2 aromatic carbocycles. The van der Waals surface area contributed by atoms with Crippen LogP contribution < -0.4 is 5.32 Å². The van der Waals surface area contributed by atoms with E-state index < -0.39 is 29.7 Å². The van der Waals surface area contributed by atoms with Crippen LogP contribution in [-0.2, 0) is 17.4 Å². The van der Waals surface area contributed by atoms with Crippen LogP contribution >= 0.6 is 0 Å². The number of amides is 1. The van der Waals surface area contributed by atoms with E-state index in [1.807, 2.05) is 6.07 Å². The van der Waals surface area contributed by atoms with Crippen LogP contribution in [0.2, 0.25) is 0 Å². The average Bonchev–Trinajstić information content (AvgIpc) is 2.60. The van der Waals surface area contributed by atoms with E-state index in [1.54, 1.807) is 0 Å². The van der Waals surface area contributed by atoms with Gasteiger partial charge in [-0.05, 0) is 42.0 Å². The number of carbonyl (C=O) groups excluding carboxylic acids is 1. The van der Waals surface area contributed by atoms with E-state index in [4.69, 9.17) is 5.26 Å². The van der Waals surface area contributed by atoms with Crippen LogP contribution in [0.3, 0.4) is 0 Å². The van der Waals surface area contributed by atoms with Gasteiger partial charge in [-0.2, -0.15) is 18.4 Å². The Balaban J connectivity index is 2.10. The Bertz CT molecular complexity index is 838. The molecule has 134 valence electrons. The number of nitrogens with zero attached hydrogens (tertiary/aromatic N) is 1. The summed E-state index contributed by atoms with van der Waals surface area (Å²) in [4.78, 5) is 23.5. The van der Waals surface area contributed by atoms with Gasteiger partial charge in [-0.15, -0.1) is 0 Å². The van der Waals surface area contributed by atoms with Gasteiger partial charge in [0.05, 0.1) is 17.2 Å². The zero-order valence-corrected chi connectivity index (χ0v) is 13.2. The maximum absolute atomic E-state index is 12.6. The molecule has 2 aromatic rings. The molecular formula is C18H13F3N2O3. The number of hydrogen-bond donors (Lipinski definition) is 2. The summed E-state index contributed by atoms with van der Waals surface area (Å²) in [7, 11) is 0. The summed E-state index contributed by atoms with van der Waals surface area (Å²) in [6.45, 7) is 0. The third kappa shape index (κ3) is 4.83. The molecular weight excluding hydrogens is 349 g/mol. The molecule has 8 heteroatoms. The van der Waals surface area contributed by atoms with E-state index in [2.05, 4.69) is 5.32 Å². The Hall–Kier alpha value is -3.34. The summed E-state index contributed by atoms with van der Waals surface area (Å²) < 4.78 is 37.7. The van der Waals surface area contributed by atoms with Crippen molar-refractivity contribution in [2.24, 2.45) is 0 Å². The van der Waals surface area contributed by atoms with Crippen LogP contribution in [-0.4, -0.2) is 23.0 Å². The first kappa shape index (κ1) is 19.0. The molecule has 5 nitrogen and oxygen atoms in total. The number of nitriles is 1. The molecule has 0 unspecified atom stereocenters. The number of aliphatic carboxylic acids is 1. The summed E-state index contributed by atoms with van der Waals surface area (Å²) in [5.41, 5.74) is 0.0176. The minimum Gasteiger partial charge on any atom is -0.480 e. The van der Waals surface area contributed by atoms with E-state index in [9.17, 15) is 27.9 Å². The highest BCUT2D eigenvalue weighted by Gasteiger charge is 2.30. The third-order valence-corrected chi connectivity index (χ3v) is 3.60. The molecule has 26 heavy (non-hydrogen) atoms. The highest BCUT2D eigenvalue weighted by molar-refractivity contribution is 5.96. The number of benzene rings is 2. The summed E-state index contributed by atoms with van der Waals surface area (Å²) in [5.74, 6) is -1.97. The second kappa shape index (κ2) is 7.70. The first-order valence-electron chi connectivity index (χ1n) is 7.40. The lowest BCUT2D eigenvalue weighted by Gasteiger charge is -2.15. The summed E-state index contributed by atoms with van der Waals surface area (Å²) >= 11 is 0. The van der Waals surface area contributed by atoms with Crippen LogP contribution in [0.25, 0.3) is 0 Å². The number of halogens is 3. The second-order valence-corrected chi connectivity index (χ2v) is 5.45. The molecule has 2 rings (SSSR count). The molecule has 0 bridgehead atoms. The number of carbonyl (C=O) groups is 2. The maximum Gasteiger partial charge on any atom is 0.416 e. The lowest BCUT2D eigenvalue weighted by Crippen LogP contribution is -2.42. The Morgan fingerprint density at radius 1 is 1.08 bits per heavy atom. The third-order valence-electron chi connectivity index (χ3n) is 3.60. The smallest absolute Gasteiger partial charge is 0.416 e. The maximum atomic E-state index is 12.6. The number of nitrogens with one attached hydrogen (secondary N) is 1. The van der Waals surface area contributed by atoms with Gasteiger partial charge in [0.25, 0.3) is 5.91 Å². The van der Waals surface area contributed by atoms with Crippen molar-refractivity contribution >= 4 is 11.9 Å². The van der Waals surface area contributed by atoms with Crippen molar-refractivity contribution in [1.82, 2.24) is 5.32 Å². The van der Waals surface area contributed by atoms with Gasteiger partial charge < -0.3 is 10.4 Å². The average molecular weight is 362 g/mol. The molecule has 0 radical (unpaired) electrons. The Labute approximate surface area is 146 Å². The number of hydrogen-bond acceptors (Lipinski definition) is 3. The van der Waals surface area contributed by atoms with Crippen molar-refractivity contribution in [2.75, 3.05) is 0 Å². The summed E-state index contributed by atoms with van der Waals surface area (Å²) in [6, 6.07) is 10.2. The summed E-state index contributed by atoms with van der Waals surface area (Å²) in [5, 5.41) is 20.3.